The minimum absolute atomic E-state index is 0.0340. The second-order valence-corrected chi connectivity index (χ2v) is 7.09. The fraction of sp³-hybridized carbons (Fsp3) is 0.917. The lowest BCUT2D eigenvalue weighted by Crippen LogP contribution is -2.42. The maximum absolute atomic E-state index is 14.6. The molecule has 3 aliphatic rings. The standard InChI is InChI=1S/C12H18FO4P/c1-2-15-9(14)12(13)10(18-12)3-5-11(6-4-10)16-7-8-17-11/h18H,2-8H2,1H3. The lowest BCUT2D eigenvalue weighted by atomic mass is 9.82. The molecule has 6 heteroatoms. The molecule has 0 radical (unpaired) electrons. The van der Waals surface area contributed by atoms with E-state index in [1.54, 1.807) is 6.92 Å². The number of ether oxygens (including phenoxy) is 3. The summed E-state index contributed by atoms with van der Waals surface area (Å²) in [4.78, 5) is 11.7. The van der Waals surface area contributed by atoms with Crippen LogP contribution in [0.3, 0.4) is 0 Å². The average molecular weight is 276 g/mol. The SMILES string of the molecule is CCOC(=O)C1(F)PC12CCC1(CC2)OCCO1. The summed E-state index contributed by atoms with van der Waals surface area (Å²) in [7, 11) is 0.0340. The molecule has 2 aliphatic heterocycles. The summed E-state index contributed by atoms with van der Waals surface area (Å²) in [6.07, 6.45) is 2.68. The lowest BCUT2D eigenvalue weighted by molar-refractivity contribution is -0.182. The normalized spacial score (nSPS) is 37.2. The fourth-order valence-electron chi connectivity index (χ4n) is 3.09. The Bertz CT molecular complexity index is 359. The van der Waals surface area contributed by atoms with E-state index >= 15 is 0 Å². The molecule has 0 bridgehead atoms. The molecule has 0 N–H and O–H groups in total. The van der Waals surface area contributed by atoms with Crippen molar-refractivity contribution >= 4 is 14.6 Å². The fourth-order valence-corrected chi connectivity index (χ4v) is 4.71. The van der Waals surface area contributed by atoms with E-state index in [1.165, 1.54) is 0 Å². The van der Waals surface area contributed by atoms with Crippen molar-refractivity contribution < 1.29 is 23.4 Å². The summed E-state index contributed by atoms with van der Waals surface area (Å²) in [6, 6.07) is 0. The van der Waals surface area contributed by atoms with Gasteiger partial charge in [0.1, 0.15) is 0 Å². The van der Waals surface area contributed by atoms with E-state index in [-0.39, 0.29) is 15.2 Å². The molecule has 1 saturated carbocycles. The van der Waals surface area contributed by atoms with Gasteiger partial charge in [-0.25, -0.2) is 9.18 Å². The first-order valence-electron chi connectivity index (χ1n) is 6.49. The third-order valence-electron chi connectivity index (χ3n) is 4.24. The van der Waals surface area contributed by atoms with Crippen molar-refractivity contribution in [3.05, 3.63) is 0 Å². The molecule has 18 heavy (non-hydrogen) atoms. The summed E-state index contributed by atoms with van der Waals surface area (Å²) >= 11 is 0. The van der Waals surface area contributed by atoms with Gasteiger partial charge in [0.05, 0.1) is 19.8 Å². The van der Waals surface area contributed by atoms with Crippen molar-refractivity contribution in [3.8, 4) is 0 Å². The molecule has 3 fully saturated rings. The molecule has 1 aliphatic carbocycles. The molecule has 2 saturated heterocycles. The topological polar surface area (TPSA) is 44.8 Å². The van der Waals surface area contributed by atoms with Gasteiger partial charge in [0.15, 0.2) is 5.79 Å². The van der Waals surface area contributed by atoms with Crippen LogP contribution >= 0.6 is 8.58 Å². The lowest BCUT2D eigenvalue weighted by Gasteiger charge is -2.35. The van der Waals surface area contributed by atoms with Gasteiger partial charge in [-0.15, -0.1) is 0 Å². The minimum atomic E-state index is -1.73. The highest BCUT2D eigenvalue weighted by molar-refractivity contribution is 7.53. The highest BCUT2D eigenvalue weighted by atomic mass is 31.1. The van der Waals surface area contributed by atoms with Crippen LogP contribution in [0.1, 0.15) is 32.6 Å². The molecule has 4 nitrogen and oxygen atoms in total. The molecule has 0 amide bonds. The molecule has 2 heterocycles. The Morgan fingerprint density at radius 2 is 1.89 bits per heavy atom. The summed E-state index contributed by atoms with van der Waals surface area (Å²) in [5, 5.41) is -2.22. The quantitative estimate of drug-likeness (QED) is 0.571. The Balaban J connectivity index is 1.65. The van der Waals surface area contributed by atoms with Crippen molar-refractivity contribution in [2.75, 3.05) is 19.8 Å². The van der Waals surface area contributed by atoms with Crippen LogP contribution < -0.4 is 0 Å². The van der Waals surface area contributed by atoms with Crippen LogP contribution in [-0.4, -0.2) is 42.1 Å². The zero-order chi connectivity index (χ0) is 12.9. The zero-order valence-electron chi connectivity index (χ0n) is 10.5. The highest BCUT2D eigenvalue weighted by Crippen LogP contribution is 2.77. The number of rotatable bonds is 2. The van der Waals surface area contributed by atoms with Crippen LogP contribution in [0.4, 0.5) is 4.39 Å². The first-order chi connectivity index (χ1) is 8.56. The van der Waals surface area contributed by atoms with E-state index < -0.39 is 22.3 Å². The average Bonchev–Trinajstić information content (AvgIpc) is 2.73. The van der Waals surface area contributed by atoms with Gasteiger partial charge in [-0.2, -0.15) is 0 Å². The monoisotopic (exact) mass is 276 g/mol. The maximum atomic E-state index is 14.6. The number of carbonyl (C=O) groups excluding carboxylic acids is 1. The van der Waals surface area contributed by atoms with E-state index in [4.69, 9.17) is 14.2 Å². The predicted octanol–water partition coefficient (Wildman–Crippen LogP) is 1.96. The van der Waals surface area contributed by atoms with E-state index in [9.17, 15) is 9.18 Å². The summed E-state index contributed by atoms with van der Waals surface area (Å²) in [5.74, 6) is -1.17. The van der Waals surface area contributed by atoms with Crippen LogP contribution in [0.25, 0.3) is 0 Å². The molecule has 2 unspecified atom stereocenters. The first kappa shape index (κ1) is 12.8. The van der Waals surface area contributed by atoms with Crippen molar-refractivity contribution in [2.45, 2.75) is 49.0 Å². The Kier molecular flexibility index (Phi) is 2.92. The molecule has 0 aromatic rings. The van der Waals surface area contributed by atoms with Gasteiger partial charge in [-0.3, -0.25) is 0 Å². The first-order valence-corrected chi connectivity index (χ1v) is 7.49. The number of esters is 1. The molecule has 2 spiro atoms. The van der Waals surface area contributed by atoms with Crippen LogP contribution in [0, 0.1) is 0 Å². The van der Waals surface area contributed by atoms with Crippen molar-refractivity contribution in [1.82, 2.24) is 0 Å². The Morgan fingerprint density at radius 3 is 2.44 bits per heavy atom. The number of hydrogen-bond donors (Lipinski definition) is 0. The van der Waals surface area contributed by atoms with E-state index in [2.05, 4.69) is 0 Å². The molecule has 102 valence electrons. The van der Waals surface area contributed by atoms with Crippen LogP contribution in [-0.2, 0) is 19.0 Å². The van der Waals surface area contributed by atoms with Crippen LogP contribution in [0.2, 0.25) is 0 Å². The second kappa shape index (κ2) is 4.12. The predicted molar refractivity (Wildman–Crippen MR) is 64.6 cm³/mol. The second-order valence-electron chi connectivity index (χ2n) is 5.19. The number of carbonyl (C=O) groups is 1. The van der Waals surface area contributed by atoms with E-state index in [1.807, 2.05) is 0 Å². The third-order valence-corrected chi connectivity index (χ3v) is 6.34. The molecule has 0 aromatic carbocycles. The van der Waals surface area contributed by atoms with Crippen molar-refractivity contribution in [3.63, 3.8) is 0 Å². The van der Waals surface area contributed by atoms with Gasteiger partial charge in [-0.05, 0) is 19.8 Å². The van der Waals surface area contributed by atoms with Gasteiger partial charge < -0.3 is 14.2 Å². The Hall–Kier alpha value is -0.250. The molecular weight excluding hydrogens is 258 g/mol. The molecule has 3 rings (SSSR count). The molecule has 0 aromatic heterocycles. The molecule has 2 atom stereocenters. The van der Waals surface area contributed by atoms with Crippen molar-refractivity contribution in [1.29, 1.82) is 0 Å². The number of halogens is 1. The smallest absolute Gasteiger partial charge is 0.348 e. The summed E-state index contributed by atoms with van der Waals surface area (Å²) in [5.41, 5.74) is 0. The van der Waals surface area contributed by atoms with Crippen LogP contribution in [0.5, 0.6) is 0 Å². The van der Waals surface area contributed by atoms with Gasteiger partial charge in [0.2, 0.25) is 5.41 Å². The number of alkyl halides is 1. The Labute approximate surface area is 107 Å². The highest BCUT2D eigenvalue weighted by Gasteiger charge is 2.75. The van der Waals surface area contributed by atoms with Crippen molar-refractivity contribution in [2.24, 2.45) is 0 Å². The van der Waals surface area contributed by atoms with Gasteiger partial charge in [0, 0.05) is 18.0 Å². The maximum Gasteiger partial charge on any atom is 0.348 e. The summed E-state index contributed by atoms with van der Waals surface area (Å²) in [6.45, 7) is 3.18. The third kappa shape index (κ3) is 1.71. The summed E-state index contributed by atoms with van der Waals surface area (Å²) < 4.78 is 30.6. The zero-order valence-corrected chi connectivity index (χ0v) is 11.5. The minimum Gasteiger partial charge on any atom is -0.463 e. The van der Waals surface area contributed by atoms with Crippen LogP contribution in [0.15, 0.2) is 0 Å². The van der Waals surface area contributed by atoms with E-state index in [0.717, 1.165) is 0 Å². The molecular formula is C12H18FO4P. The van der Waals surface area contributed by atoms with Gasteiger partial charge >= 0.3 is 5.97 Å². The van der Waals surface area contributed by atoms with Gasteiger partial charge in [0.25, 0.3) is 0 Å². The van der Waals surface area contributed by atoms with E-state index in [0.29, 0.717) is 38.9 Å². The largest absolute Gasteiger partial charge is 0.463 e. The number of hydrogen-bond acceptors (Lipinski definition) is 4. The van der Waals surface area contributed by atoms with Gasteiger partial charge in [-0.1, -0.05) is 8.58 Å². The Morgan fingerprint density at radius 1 is 1.28 bits per heavy atom.